The molecule has 4 atom stereocenters. The summed E-state index contributed by atoms with van der Waals surface area (Å²) in [7, 11) is 0. The van der Waals surface area contributed by atoms with Gasteiger partial charge < -0.3 is 19.5 Å². The van der Waals surface area contributed by atoms with Crippen LogP contribution in [0.25, 0.3) is 0 Å². The number of hydrogen-bond donors (Lipinski definition) is 1. The fourth-order valence-corrected chi connectivity index (χ4v) is 3.30. The number of nitrogens with zero attached hydrogens (tertiary/aromatic N) is 1. The SMILES string of the molecule is O=C(O)C1CC1C(=O)N(CC1CCCO1)CC1CCCO1. The molecule has 1 saturated carbocycles. The summed E-state index contributed by atoms with van der Waals surface area (Å²) in [5.74, 6) is -1.73. The van der Waals surface area contributed by atoms with E-state index in [1.165, 1.54) is 0 Å². The summed E-state index contributed by atoms with van der Waals surface area (Å²) < 4.78 is 11.2. The lowest BCUT2D eigenvalue weighted by atomic mass is 10.1. The van der Waals surface area contributed by atoms with Crippen LogP contribution in [0, 0.1) is 11.8 Å². The molecule has 2 heterocycles. The fourth-order valence-electron chi connectivity index (χ4n) is 3.30. The first-order valence-electron chi connectivity index (χ1n) is 7.90. The van der Waals surface area contributed by atoms with Gasteiger partial charge in [0.15, 0.2) is 0 Å². The van der Waals surface area contributed by atoms with E-state index in [-0.39, 0.29) is 24.0 Å². The Balaban J connectivity index is 1.59. The molecule has 118 valence electrons. The van der Waals surface area contributed by atoms with E-state index in [2.05, 4.69) is 0 Å². The number of ether oxygens (including phenoxy) is 2. The number of aliphatic carboxylic acids is 1. The van der Waals surface area contributed by atoms with E-state index in [0.29, 0.717) is 19.5 Å². The van der Waals surface area contributed by atoms with Gasteiger partial charge in [0.2, 0.25) is 5.91 Å². The molecular weight excluding hydrogens is 274 g/mol. The van der Waals surface area contributed by atoms with Gasteiger partial charge in [-0.25, -0.2) is 0 Å². The zero-order chi connectivity index (χ0) is 14.8. The summed E-state index contributed by atoms with van der Waals surface area (Å²) >= 11 is 0. The maximum Gasteiger partial charge on any atom is 0.307 e. The van der Waals surface area contributed by atoms with Gasteiger partial charge in [-0.3, -0.25) is 9.59 Å². The number of hydrogen-bond acceptors (Lipinski definition) is 4. The lowest BCUT2D eigenvalue weighted by Crippen LogP contribution is -2.43. The second kappa shape index (κ2) is 6.32. The van der Waals surface area contributed by atoms with Gasteiger partial charge in [-0.1, -0.05) is 0 Å². The predicted octanol–water partition coefficient (Wildman–Crippen LogP) is 0.894. The Bertz CT molecular complexity index is 383. The Morgan fingerprint density at radius 3 is 1.95 bits per heavy atom. The van der Waals surface area contributed by atoms with Crippen molar-refractivity contribution in [2.75, 3.05) is 26.3 Å². The number of carbonyl (C=O) groups excluding carboxylic acids is 1. The average Bonchev–Trinajstić information content (AvgIpc) is 2.85. The molecule has 3 aliphatic rings. The number of carboxylic acid groups (broad SMARTS) is 1. The van der Waals surface area contributed by atoms with Crippen LogP contribution in [0.1, 0.15) is 32.1 Å². The van der Waals surface area contributed by atoms with Gasteiger partial charge >= 0.3 is 5.97 Å². The number of carboxylic acids is 1. The van der Waals surface area contributed by atoms with Gasteiger partial charge in [0.25, 0.3) is 0 Å². The van der Waals surface area contributed by atoms with Crippen LogP contribution in [-0.4, -0.2) is 60.4 Å². The normalized spacial score (nSPS) is 34.9. The molecule has 1 aliphatic carbocycles. The van der Waals surface area contributed by atoms with Crippen LogP contribution >= 0.6 is 0 Å². The predicted molar refractivity (Wildman–Crippen MR) is 73.8 cm³/mol. The van der Waals surface area contributed by atoms with Crippen molar-refractivity contribution in [3.8, 4) is 0 Å². The van der Waals surface area contributed by atoms with E-state index in [9.17, 15) is 9.59 Å². The molecule has 0 aromatic heterocycles. The van der Waals surface area contributed by atoms with Gasteiger partial charge in [-0.15, -0.1) is 0 Å². The van der Waals surface area contributed by atoms with Crippen LogP contribution < -0.4 is 0 Å². The first-order chi connectivity index (χ1) is 10.1. The summed E-state index contributed by atoms with van der Waals surface area (Å²) in [6, 6.07) is 0. The highest BCUT2D eigenvalue weighted by Gasteiger charge is 2.50. The van der Waals surface area contributed by atoms with Crippen molar-refractivity contribution in [1.29, 1.82) is 0 Å². The molecule has 1 amide bonds. The zero-order valence-electron chi connectivity index (χ0n) is 12.2. The van der Waals surface area contributed by atoms with E-state index in [1.807, 2.05) is 0 Å². The summed E-state index contributed by atoms with van der Waals surface area (Å²) in [4.78, 5) is 25.3. The molecule has 2 aliphatic heterocycles. The van der Waals surface area contributed by atoms with Gasteiger partial charge in [0.1, 0.15) is 0 Å². The van der Waals surface area contributed by atoms with E-state index >= 15 is 0 Å². The van der Waals surface area contributed by atoms with Crippen LogP contribution in [0.4, 0.5) is 0 Å². The largest absolute Gasteiger partial charge is 0.481 e. The second-order valence-corrected chi connectivity index (χ2v) is 6.30. The highest BCUT2D eigenvalue weighted by Crippen LogP contribution is 2.40. The topological polar surface area (TPSA) is 76.1 Å². The molecule has 6 heteroatoms. The Morgan fingerprint density at radius 2 is 1.57 bits per heavy atom. The third kappa shape index (κ3) is 3.55. The minimum absolute atomic E-state index is 0.0339. The van der Waals surface area contributed by atoms with Crippen molar-refractivity contribution in [2.45, 2.75) is 44.3 Å². The van der Waals surface area contributed by atoms with Crippen LogP contribution in [0.3, 0.4) is 0 Å². The average molecular weight is 297 g/mol. The van der Waals surface area contributed by atoms with Crippen LogP contribution in [0.2, 0.25) is 0 Å². The number of rotatable bonds is 6. The molecule has 0 bridgehead atoms. The van der Waals surface area contributed by atoms with E-state index in [1.54, 1.807) is 4.90 Å². The Kier molecular flexibility index (Phi) is 4.45. The molecule has 3 rings (SSSR count). The lowest BCUT2D eigenvalue weighted by molar-refractivity contribution is -0.143. The maximum atomic E-state index is 12.5. The number of carbonyl (C=O) groups is 2. The van der Waals surface area contributed by atoms with Crippen molar-refractivity contribution < 1.29 is 24.2 Å². The van der Waals surface area contributed by atoms with Crippen molar-refractivity contribution >= 4 is 11.9 Å². The molecular formula is C15H23NO5. The van der Waals surface area contributed by atoms with Gasteiger partial charge in [-0.05, 0) is 32.1 Å². The summed E-state index contributed by atoms with van der Waals surface area (Å²) in [6.45, 7) is 2.66. The molecule has 4 unspecified atom stereocenters. The molecule has 2 saturated heterocycles. The zero-order valence-corrected chi connectivity index (χ0v) is 12.2. The maximum absolute atomic E-state index is 12.5. The van der Waals surface area contributed by atoms with Crippen LogP contribution in [-0.2, 0) is 19.1 Å². The highest BCUT2D eigenvalue weighted by atomic mass is 16.5. The third-order valence-electron chi connectivity index (χ3n) is 4.63. The Labute approximate surface area is 124 Å². The van der Waals surface area contributed by atoms with E-state index in [4.69, 9.17) is 14.6 Å². The second-order valence-electron chi connectivity index (χ2n) is 6.30. The standard InChI is InChI=1S/C15H23NO5/c17-14(12-7-13(12)15(18)19)16(8-10-3-1-5-20-10)9-11-4-2-6-21-11/h10-13H,1-9H2,(H,18,19). The first kappa shape index (κ1) is 14.8. The molecule has 0 aromatic rings. The monoisotopic (exact) mass is 297 g/mol. The van der Waals surface area contributed by atoms with E-state index < -0.39 is 11.9 Å². The molecule has 21 heavy (non-hydrogen) atoms. The fraction of sp³-hybridized carbons (Fsp3) is 0.867. The van der Waals surface area contributed by atoms with Crippen molar-refractivity contribution in [2.24, 2.45) is 11.8 Å². The highest BCUT2D eigenvalue weighted by molar-refractivity contribution is 5.89. The smallest absolute Gasteiger partial charge is 0.307 e. The van der Waals surface area contributed by atoms with Gasteiger partial charge in [0, 0.05) is 26.3 Å². The number of amides is 1. The molecule has 6 nitrogen and oxygen atoms in total. The minimum atomic E-state index is -0.859. The van der Waals surface area contributed by atoms with Crippen molar-refractivity contribution in [3.63, 3.8) is 0 Å². The third-order valence-corrected chi connectivity index (χ3v) is 4.63. The summed E-state index contributed by atoms with van der Waals surface area (Å²) in [6.07, 6.45) is 4.68. The minimum Gasteiger partial charge on any atom is -0.481 e. The molecule has 0 aromatic carbocycles. The van der Waals surface area contributed by atoms with Crippen LogP contribution in [0.5, 0.6) is 0 Å². The van der Waals surface area contributed by atoms with Gasteiger partial charge in [-0.2, -0.15) is 0 Å². The molecule has 1 N–H and O–H groups in total. The molecule has 0 spiro atoms. The molecule has 3 fully saturated rings. The van der Waals surface area contributed by atoms with Crippen molar-refractivity contribution in [1.82, 2.24) is 4.90 Å². The Morgan fingerprint density at radius 1 is 1.00 bits per heavy atom. The Hall–Kier alpha value is -1.14. The van der Waals surface area contributed by atoms with Crippen molar-refractivity contribution in [3.05, 3.63) is 0 Å². The quantitative estimate of drug-likeness (QED) is 0.788. The summed E-state index contributed by atoms with van der Waals surface area (Å²) in [5.41, 5.74) is 0. The van der Waals surface area contributed by atoms with Crippen LogP contribution in [0.15, 0.2) is 0 Å². The van der Waals surface area contributed by atoms with Gasteiger partial charge in [0.05, 0.1) is 24.0 Å². The molecule has 0 radical (unpaired) electrons. The lowest BCUT2D eigenvalue weighted by Gasteiger charge is -2.28. The summed E-state index contributed by atoms with van der Waals surface area (Å²) in [5, 5.41) is 9.00. The first-order valence-corrected chi connectivity index (χ1v) is 7.90. The van der Waals surface area contributed by atoms with E-state index in [0.717, 1.165) is 38.9 Å².